The minimum Gasteiger partial charge on any atom is -0.416 e. The first-order valence-corrected chi connectivity index (χ1v) is 12.2. The number of rotatable bonds is 8. The summed E-state index contributed by atoms with van der Waals surface area (Å²) in [5, 5.41) is 4.58. The van der Waals surface area contributed by atoms with Crippen LogP contribution in [-0.4, -0.2) is 79.4 Å². The monoisotopic (exact) mass is 510 g/mol. The summed E-state index contributed by atoms with van der Waals surface area (Å²) in [5.74, 6) is 0.583. The Kier molecular flexibility index (Phi) is 8.55. The lowest BCUT2D eigenvalue weighted by atomic mass is 9.99. The zero-order valence-electron chi connectivity index (χ0n) is 22.0. The van der Waals surface area contributed by atoms with Crippen molar-refractivity contribution in [2.75, 3.05) is 32.8 Å². The minimum absolute atomic E-state index is 0.354. The predicted molar refractivity (Wildman–Crippen MR) is 138 cm³/mol. The van der Waals surface area contributed by atoms with Gasteiger partial charge in [-0.1, -0.05) is 17.7 Å². The van der Waals surface area contributed by atoms with Crippen LogP contribution in [0, 0.1) is 6.92 Å². The van der Waals surface area contributed by atoms with E-state index in [0.717, 1.165) is 11.3 Å². The van der Waals surface area contributed by atoms with Gasteiger partial charge in [-0.05, 0) is 57.2 Å². The molecule has 5 atom stereocenters. The Morgan fingerprint density at radius 2 is 1.70 bits per heavy atom. The molecule has 10 heteroatoms. The van der Waals surface area contributed by atoms with Gasteiger partial charge in [-0.2, -0.15) is 0 Å². The topological polar surface area (TPSA) is 97.2 Å². The molecule has 0 spiro atoms. The third kappa shape index (κ3) is 5.83. The lowest BCUT2D eigenvalue weighted by Gasteiger charge is -2.43. The summed E-state index contributed by atoms with van der Waals surface area (Å²) in [6.07, 6.45) is -1.66. The zero-order chi connectivity index (χ0) is 26.5. The van der Waals surface area contributed by atoms with Crippen molar-refractivity contribution in [3.05, 3.63) is 60.4 Å². The average molecular weight is 511 g/mol. The van der Waals surface area contributed by atoms with Gasteiger partial charge in [0.15, 0.2) is 5.82 Å². The van der Waals surface area contributed by atoms with Crippen molar-refractivity contribution in [3.8, 4) is 17.1 Å². The molecule has 0 N–H and O–H groups in total. The van der Waals surface area contributed by atoms with Crippen LogP contribution in [0.4, 0.5) is 10.5 Å². The number of aromatic nitrogens is 3. The number of hydrogen-bond acceptors (Lipinski definition) is 8. The minimum atomic E-state index is -0.952. The zero-order valence-corrected chi connectivity index (χ0v) is 22.0. The molecule has 1 fully saturated rings. The molecular formula is C27H34N4O6. The fourth-order valence-electron chi connectivity index (χ4n) is 4.36. The number of anilines is 1. The van der Waals surface area contributed by atoms with Crippen molar-refractivity contribution in [2.45, 2.75) is 51.5 Å². The van der Waals surface area contributed by atoms with E-state index in [1.54, 1.807) is 25.2 Å². The maximum absolute atomic E-state index is 13.0. The first-order chi connectivity index (χ1) is 17.9. The van der Waals surface area contributed by atoms with Crippen LogP contribution in [-0.2, 0) is 23.7 Å². The summed E-state index contributed by atoms with van der Waals surface area (Å²) < 4.78 is 30.4. The molecule has 37 heavy (non-hydrogen) atoms. The van der Waals surface area contributed by atoms with Crippen LogP contribution < -0.4 is 4.90 Å². The molecule has 2 heterocycles. The van der Waals surface area contributed by atoms with Crippen molar-refractivity contribution in [3.63, 3.8) is 0 Å². The molecule has 0 unspecified atom stereocenters. The summed E-state index contributed by atoms with van der Waals surface area (Å²) >= 11 is 0. The Bertz CT molecular complexity index is 1170. The fraction of sp³-hybridized carbons (Fsp3) is 0.444. The van der Waals surface area contributed by atoms with Gasteiger partial charge in [-0.3, -0.25) is 4.90 Å². The average Bonchev–Trinajstić information content (AvgIpc) is 3.39. The summed E-state index contributed by atoms with van der Waals surface area (Å²) in [7, 11) is 4.75. The summed E-state index contributed by atoms with van der Waals surface area (Å²) in [6.45, 7) is 6.24. The van der Waals surface area contributed by atoms with E-state index in [4.69, 9.17) is 23.7 Å². The molecular weight excluding hydrogens is 476 g/mol. The smallest absolute Gasteiger partial charge is 0.416 e. The van der Waals surface area contributed by atoms with Crippen LogP contribution in [0.25, 0.3) is 17.1 Å². The number of carbonyl (C=O) groups excluding carboxylic acids is 1. The Morgan fingerprint density at radius 3 is 2.32 bits per heavy atom. The van der Waals surface area contributed by atoms with E-state index in [9.17, 15) is 4.79 Å². The van der Waals surface area contributed by atoms with Gasteiger partial charge >= 0.3 is 6.09 Å². The van der Waals surface area contributed by atoms with Crippen molar-refractivity contribution in [1.82, 2.24) is 14.8 Å². The van der Waals surface area contributed by atoms with Crippen LogP contribution in [0.15, 0.2) is 54.9 Å². The van der Waals surface area contributed by atoms with E-state index in [1.807, 2.05) is 69.3 Å². The van der Waals surface area contributed by atoms with E-state index in [-0.39, 0.29) is 12.2 Å². The second-order valence-electron chi connectivity index (χ2n) is 8.87. The molecule has 0 bridgehead atoms. The third-order valence-electron chi connectivity index (χ3n) is 6.42. The van der Waals surface area contributed by atoms with Crippen LogP contribution in [0.1, 0.15) is 19.4 Å². The molecule has 0 radical (unpaired) electrons. The number of hydrogen-bond donors (Lipinski definition) is 0. The van der Waals surface area contributed by atoms with Crippen LogP contribution in [0.2, 0.25) is 0 Å². The summed E-state index contributed by atoms with van der Waals surface area (Å²) in [4.78, 5) is 18.8. The molecule has 4 rings (SSSR count). The van der Waals surface area contributed by atoms with E-state index < -0.39 is 24.6 Å². The number of carbonyl (C=O) groups is 1. The molecule has 1 saturated heterocycles. The molecule has 3 aromatic rings. The van der Waals surface area contributed by atoms with E-state index in [2.05, 4.69) is 10.1 Å². The number of aryl methyl sites for hydroxylation is 1. The highest BCUT2D eigenvalue weighted by molar-refractivity contribution is 5.87. The lowest BCUT2D eigenvalue weighted by molar-refractivity contribution is -0.292. The van der Waals surface area contributed by atoms with Crippen LogP contribution >= 0.6 is 0 Å². The third-order valence-corrected chi connectivity index (χ3v) is 6.42. The first-order valence-electron chi connectivity index (χ1n) is 12.2. The van der Waals surface area contributed by atoms with Gasteiger partial charge in [0, 0.05) is 39.1 Å². The summed E-state index contributed by atoms with van der Waals surface area (Å²) in [6, 6.07) is 15.4. The van der Waals surface area contributed by atoms with E-state index in [1.165, 1.54) is 17.6 Å². The second kappa shape index (κ2) is 11.8. The maximum Gasteiger partial charge on any atom is 0.416 e. The highest BCUT2D eigenvalue weighted by Gasteiger charge is 2.47. The van der Waals surface area contributed by atoms with Gasteiger partial charge in [0.25, 0.3) is 0 Å². The number of amides is 1. The standard InChI is InChI=1S/C27H34N4O6/c1-7-35-23-22(33-5)18(3)36-26(24(23)34-6)37-27(32)30(4)20-14-10-19(11-15-20)25-28-16-31(29-25)21-12-8-17(2)9-13-21/h8-16,18,22-24,26H,7H2,1-6H3/t18-,22-,23+,24+,26-/m0/s1. The van der Waals surface area contributed by atoms with Gasteiger partial charge in [-0.25, -0.2) is 14.5 Å². The molecule has 1 aliphatic rings. The van der Waals surface area contributed by atoms with Gasteiger partial charge in [0.05, 0.1) is 11.8 Å². The van der Waals surface area contributed by atoms with Crippen molar-refractivity contribution in [2.24, 2.45) is 0 Å². The Hall–Kier alpha value is -3.31. The number of nitrogens with zero attached hydrogens (tertiary/aromatic N) is 4. The van der Waals surface area contributed by atoms with Crippen molar-refractivity contribution >= 4 is 11.8 Å². The molecule has 10 nitrogen and oxygen atoms in total. The first kappa shape index (κ1) is 26.7. The highest BCUT2D eigenvalue weighted by atomic mass is 16.7. The largest absolute Gasteiger partial charge is 0.416 e. The van der Waals surface area contributed by atoms with Crippen molar-refractivity contribution < 1.29 is 28.5 Å². The fourth-order valence-corrected chi connectivity index (χ4v) is 4.36. The molecule has 1 amide bonds. The van der Waals surface area contributed by atoms with E-state index >= 15 is 0 Å². The SMILES string of the molecule is CCO[C@@H]1[C@@H](OC)[C@H](C)O[C@@H](OC(=O)N(C)c2ccc(-c3ncn(-c4ccc(C)cc4)n3)cc2)[C@@H]1OC. The highest BCUT2D eigenvalue weighted by Crippen LogP contribution is 2.29. The second-order valence-corrected chi connectivity index (χ2v) is 8.87. The summed E-state index contributed by atoms with van der Waals surface area (Å²) in [5.41, 5.74) is 3.57. The Labute approximate surface area is 217 Å². The van der Waals surface area contributed by atoms with Crippen LogP contribution in [0.3, 0.4) is 0 Å². The van der Waals surface area contributed by atoms with Gasteiger partial charge in [-0.15, -0.1) is 5.10 Å². The van der Waals surface area contributed by atoms with Gasteiger partial charge < -0.3 is 23.7 Å². The normalized spacial score (nSPS) is 23.6. The van der Waals surface area contributed by atoms with Crippen molar-refractivity contribution in [1.29, 1.82) is 0 Å². The quantitative estimate of drug-likeness (QED) is 0.449. The van der Waals surface area contributed by atoms with Crippen LogP contribution in [0.5, 0.6) is 0 Å². The molecule has 0 aliphatic carbocycles. The molecule has 198 valence electrons. The Balaban J connectivity index is 1.44. The van der Waals surface area contributed by atoms with Gasteiger partial charge in [0.2, 0.25) is 6.29 Å². The number of ether oxygens (including phenoxy) is 5. The van der Waals surface area contributed by atoms with E-state index in [0.29, 0.717) is 18.1 Å². The number of methoxy groups -OCH3 is 2. The molecule has 1 aromatic heterocycles. The van der Waals surface area contributed by atoms with Gasteiger partial charge in [0.1, 0.15) is 24.6 Å². The Morgan fingerprint density at radius 1 is 1.03 bits per heavy atom. The predicted octanol–water partition coefficient (Wildman–Crippen LogP) is 4.00. The lowest BCUT2D eigenvalue weighted by Crippen LogP contribution is -2.60. The maximum atomic E-state index is 13.0. The number of benzene rings is 2. The molecule has 1 aliphatic heterocycles. The molecule has 0 saturated carbocycles. The molecule has 2 aromatic carbocycles.